The lowest BCUT2D eigenvalue weighted by Gasteiger charge is -2.42. The molecule has 0 radical (unpaired) electrons. The second kappa shape index (κ2) is 10.7. The Morgan fingerprint density at radius 2 is 2.07 bits per heavy atom. The molecule has 28 heavy (non-hydrogen) atoms. The molecule has 0 aliphatic carbocycles. The summed E-state index contributed by atoms with van der Waals surface area (Å²) in [5.41, 5.74) is 2.47. The fourth-order valence-electron chi connectivity index (χ4n) is 4.43. The predicted octanol–water partition coefficient (Wildman–Crippen LogP) is 3.23. The average molecular weight is 385 g/mol. The number of hydrogen-bond acceptors (Lipinski definition) is 4. The number of nitrogens with zero attached hydrogens (tertiary/aromatic N) is 3. The summed E-state index contributed by atoms with van der Waals surface area (Å²) in [6, 6.07) is 4.57. The van der Waals surface area contributed by atoms with Crippen molar-refractivity contribution in [2.45, 2.75) is 58.5 Å². The van der Waals surface area contributed by atoms with Gasteiger partial charge < -0.3 is 10.2 Å². The first kappa shape index (κ1) is 21.0. The third kappa shape index (κ3) is 6.42. The highest BCUT2D eigenvalue weighted by atomic mass is 16.1. The van der Waals surface area contributed by atoms with Crippen LogP contribution in [0.4, 0.5) is 0 Å². The molecule has 154 valence electrons. The van der Waals surface area contributed by atoms with Crippen LogP contribution in [0.15, 0.2) is 36.2 Å². The van der Waals surface area contributed by atoms with Crippen LogP contribution < -0.4 is 5.32 Å². The Morgan fingerprint density at radius 1 is 1.25 bits per heavy atom. The molecular weight excluding hydrogens is 348 g/mol. The van der Waals surface area contributed by atoms with Crippen LogP contribution in [0.5, 0.6) is 0 Å². The Bertz CT molecular complexity index is 633. The van der Waals surface area contributed by atoms with Gasteiger partial charge in [-0.3, -0.25) is 14.7 Å². The van der Waals surface area contributed by atoms with Gasteiger partial charge >= 0.3 is 0 Å². The maximum atomic E-state index is 12.7. The van der Waals surface area contributed by atoms with Gasteiger partial charge in [0, 0.05) is 38.1 Å². The zero-order valence-corrected chi connectivity index (χ0v) is 17.6. The van der Waals surface area contributed by atoms with E-state index in [1.807, 2.05) is 18.3 Å². The van der Waals surface area contributed by atoms with E-state index in [0.717, 1.165) is 37.9 Å². The molecule has 0 saturated carbocycles. The van der Waals surface area contributed by atoms with Crippen molar-refractivity contribution in [1.29, 1.82) is 0 Å². The molecule has 0 aromatic carbocycles. The van der Waals surface area contributed by atoms with Gasteiger partial charge in [0.05, 0.1) is 5.92 Å². The molecule has 1 unspecified atom stereocenters. The number of pyridine rings is 1. The molecule has 5 nitrogen and oxygen atoms in total. The Balaban J connectivity index is 1.41. The molecule has 2 saturated heterocycles. The van der Waals surface area contributed by atoms with Gasteiger partial charge in [-0.2, -0.15) is 0 Å². The molecule has 0 bridgehead atoms. The minimum absolute atomic E-state index is 0.126. The van der Waals surface area contributed by atoms with Crippen molar-refractivity contribution in [2.24, 2.45) is 5.92 Å². The fourth-order valence-corrected chi connectivity index (χ4v) is 4.43. The minimum Gasteiger partial charge on any atom is -0.352 e. The smallest absolute Gasteiger partial charge is 0.224 e. The Morgan fingerprint density at radius 3 is 2.79 bits per heavy atom. The van der Waals surface area contributed by atoms with Crippen LogP contribution >= 0.6 is 0 Å². The fraction of sp³-hybridized carbons (Fsp3) is 0.652. The molecule has 1 amide bonds. The molecule has 3 rings (SSSR count). The average Bonchev–Trinajstić information content (AvgIpc) is 2.73. The molecule has 1 aromatic heterocycles. The van der Waals surface area contributed by atoms with E-state index in [1.165, 1.54) is 38.0 Å². The van der Waals surface area contributed by atoms with Crippen LogP contribution in [-0.4, -0.2) is 59.5 Å². The first-order valence-corrected chi connectivity index (χ1v) is 10.9. The number of amides is 1. The van der Waals surface area contributed by atoms with Crippen LogP contribution in [0, 0.1) is 5.92 Å². The second-order valence-corrected chi connectivity index (χ2v) is 8.56. The summed E-state index contributed by atoms with van der Waals surface area (Å²) in [4.78, 5) is 22.0. The van der Waals surface area contributed by atoms with Gasteiger partial charge in [-0.15, -0.1) is 0 Å². The highest BCUT2D eigenvalue weighted by Gasteiger charge is 2.31. The number of hydrogen-bond donors (Lipinski definition) is 1. The van der Waals surface area contributed by atoms with E-state index in [9.17, 15) is 4.79 Å². The summed E-state index contributed by atoms with van der Waals surface area (Å²) in [7, 11) is 0. The van der Waals surface area contributed by atoms with E-state index in [2.05, 4.69) is 40.0 Å². The molecule has 0 spiro atoms. The number of piperidine rings is 2. The summed E-state index contributed by atoms with van der Waals surface area (Å²) >= 11 is 0. The lowest BCUT2D eigenvalue weighted by molar-refractivity contribution is -0.127. The second-order valence-electron chi connectivity index (χ2n) is 8.56. The van der Waals surface area contributed by atoms with Gasteiger partial charge in [-0.25, -0.2) is 0 Å². The van der Waals surface area contributed by atoms with Crippen LogP contribution in [0.25, 0.3) is 0 Å². The van der Waals surface area contributed by atoms with Crippen molar-refractivity contribution >= 4 is 5.91 Å². The number of likely N-dealkylation sites (tertiary alicyclic amines) is 2. The zero-order valence-electron chi connectivity index (χ0n) is 17.6. The molecular formula is C23H36N4O. The molecule has 2 fully saturated rings. The van der Waals surface area contributed by atoms with E-state index in [-0.39, 0.29) is 11.8 Å². The van der Waals surface area contributed by atoms with Crippen molar-refractivity contribution in [3.63, 3.8) is 0 Å². The van der Waals surface area contributed by atoms with Gasteiger partial charge in [0.1, 0.15) is 0 Å². The molecule has 2 aliphatic rings. The molecule has 1 aromatic rings. The maximum Gasteiger partial charge on any atom is 0.224 e. The Labute approximate surface area is 170 Å². The van der Waals surface area contributed by atoms with Gasteiger partial charge in [-0.1, -0.05) is 17.7 Å². The van der Waals surface area contributed by atoms with Gasteiger partial charge in [0.25, 0.3) is 0 Å². The van der Waals surface area contributed by atoms with Crippen LogP contribution in [0.3, 0.4) is 0 Å². The van der Waals surface area contributed by atoms with Crippen molar-refractivity contribution in [1.82, 2.24) is 20.1 Å². The maximum absolute atomic E-state index is 12.7. The number of rotatable bonds is 7. The van der Waals surface area contributed by atoms with Crippen molar-refractivity contribution in [3.05, 3.63) is 41.7 Å². The minimum atomic E-state index is 0.126. The predicted molar refractivity (Wildman–Crippen MR) is 114 cm³/mol. The topological polar surface area (TPSA) is 48.5 Å². The van der Waals surface area contributed by atoms with Gasteiger partial charge in [0.2, 0.25) is 5.91 Å². The van der Waals surface area contributed by atoms with Gasteiger partial charge in [0.15, 0.2) is 0 Å². The molecule has 5 heteroatoms. The van der Waals surface area contributed by atoms with E-state index >= 15 is 0 Å². The summed E-state index contributed by atoms with van der Waals surface area (Å²) in [6.45, 7) is 10.5. The highest BCUT2D eigenvalue weighted by Crippen LogP contribution is 2.24. The van der Waals surface area contributed by atoms with Crippen LogP contribution in [0.2, 0.25) is 0 Å². The van der Waals surface area contributed by atoms with E-state index in [0.29, 0.717) is 12.6 Å². The quantitative estimate of drug-likeness (QED) is 0.733. The number of allylic oxidation sites excluding steroid dienone is 1. The van der Waals surface area contributed by atoms with Crippen molar-refractivity contribution < 1.29 is 4.79 Å². The molecule has 1 N–H and O–H groups in total. The Kier molecular flexibility index (Phi) is 8.04. The van der Waals surface area contributed by atoms with E-state index < -0.39 is 0 Å². The van der Waals surface area contributed by atoms with Crippen molar-refractivity contribution in [2.75, 3.05) is 32.7 Å². The normalized spacial score (nSPS) is 22.0. The Hall–Kier alpha value is -1.72. The summed E-state index contributed by atoms with van der Waals surface area (Å²) in [5, 5.41) is 3.11. The number of carbonyl (C=O) groups excluding carboxylic acids is 1. The third-order valence-corrected chi connectivity index (χ3v) is 6.08. The van der Waals surface area contributed by atoms with Gasteiger partial charge in [-0.05, 0) is 77.2 Å². The van der Waals surface area contributed by atoms with Crippen LogP contribution in [0.1, 0.15) is 51.5 Å². The number of nitrogens with one attached hydrogen (secondary N) is 1. The number of carbonyl (C=O) groups is 1. The SMILES string of the molecule is CC(C)=CCCN1CCC(N2CCCC(C(=O)NCc3cccnc3)C2)CC1. The first-order valence-electron chi connectivity index (χ1n) is 10.9. The highest BCUT2D eigenvalue weighted by molar-refractivity contribution is 5.78. The summed E-state index contributed by atoms with van der Waals surface area (Å²) < 4.78 is 0. The summed E-state index contributed by atoms with van der Waals surface area (Å²) in [6.07, 6.45) is 11.7. The monoisotopic (exact) mass is 384 g/mol. The van der Waals surface area contributed by atoms with E-state index in [1.54, 1.807) is 6.20 Å². The van der Waals surface area contributed by atoms with Crippen molar-refractivity contribution in [3.8, 4) is 0 Å². The first-order chi connectivity index (χ1) is 13.6. The van der Waals surface area contributed by atoms with Crippen LogP contribution in [-0.2, 0) is 11.3 Å². The standard InChI is InChI=1S/C23H36N4O/c1-19(2)6-4-12-26-14-9-22(10-15-26)27-13-5-8-21(18-27)23(28)25-17-20-7-3-11-24-16-20/h3,6-7,11,16,21-22H,4-5,8-10,12-15,17-18H2,1-2H3,(H,25,28). The summed E-state index contributed by atoms with van der Waals surface area (Å²) in [5.74, 6) is 0.328. The lowest BCUT2D eigenvalue weighted by Crippen LogP contribution is -2.50. The largest absolute Gasteiger partial charge is 0.352 e. The number of aromatic nitrogens is 1. The molecule has 3 heterocycles. The lowest BCUT2D eigenvalue weighted by atomic mass is 9.93. The third-order valence-electron chi connectivity index (χ3n) is 6.08. The zero-order chi connectivity index (χ0) is 19.8. The molecule has 1 atom stereocenters. The molecule has 2 aliphatic heterocycles. The van der Waals surface area contributed by atoms with E-state index in [4.69, 9.17) is 0 Å².